The van der Waals surface area contributed by atoms with Crippen molar-refractivity contribution in [1.29, 1.82) is 0 Å². The first-order valence-electron chi connectivity index (χ1n) is 9.09. The molecule has 0 bridgehead atoms. The predicted molar refractivity (Wildman–Crippen MR) is 122 cm³/mol. The van der Waals surface area contributed by atoms with Gasteiger partial charge in [-0.05, 0) is 45.1 Å². The Kier molecular flexibility index (Phi) is 5.71. The van der Waals surface area contributed by atoms with Gasteiger partial charge in [0.25, 0.3) is 0 Å². The van der Waals surface area contributed by atoms with Crippen LogP contribution < -0.4 is 4.65 Å². The van der Waals surface area contributed by atoms with Gasteiger partial charge < -0.3 is 14.7 Å². The SMILES string of the molecule is C[PH](C)(C)C.OB(O)Oc1cccc2ccc3cc4ccccc4cc3c12. The zero-order chi connectivity index (χ0) is 19.6. The molecule has 0 heterocycles. The number of benzene rings is 4. The van der Waals surface area contributed by atoms with Gasteiger partial charge in [-0.15, -0.1) is 0 Å². The summed E-state index contributed by atoms with van der Waals surface area (Å²) in [6, 6.07) is 22.1. The minimum absolute atomic E-state index is 0.466. The molecule has 0 fully saturated rings. The molecule has 4 rings (SSSR count). The zero-order valence-electron chi connectivity index (χ0n) is 16.2. The van der Waals surface area contributed by atoms with E-state index in [1.165, 1.54) is 5.39 Å². The minimum atomic E-state index is -1.83. The van der Waals surface area contributed by atoms with Crippen molar-refractivity contribution in [3.8, 4) is 5.75 Å². The van der Waals surface area contributed by atoms with Crippen molar-refractivity contribution in [2.45, 2.75) is 0 Å². The van der Waals surface area contributed by atoms with Gasteiger partial charge in [0, 0.05) is 5.39 Å². The predicted octanol–water partition coefficient (Wildman–Crippen LogP) is 4.75. The Morgan fingerprint density at radius 2 is 1.26 bits per heavy atom. The molecule has 4 aromatic carbocycles. The van der Waals surface area contributed by atoms with Gasteiger partial charge in [-0.2, -0.15) is 0 Å². The van der Waals surface area contributed by atoms with E-state index in [1.54, 1.807) is 6.07 Å². The molecule has 0 amide bonds. The van der Waals surface area contributed by atoms with Crippen molar-refractivity contribution in [3.05, 3.63) is 66.7 Å². The first kappa shape index (κ1) is 19.6. The summed E-state index contributed by atoms with van der Waals surface area (Å²) < 4.78 is 5.16. The molecule has 0 aliphatic rings. The smallest absolute Gasteiger partial charge is 0.511 e. The Bertz CT molecular complexity index is 1080. The summed E-state index contributed by atoms with van der Waals surface area (Å²) >= 11 is 0. The maximum absolute atomic E-state index is 9.14. The van der Waals surface area contributed by atoms with Crippen LogP contribution in [0.5, 0.6) is 5.75 Å². The van der Waals surface area contributed by atoms with Crippen LogP contribution in [0, 0.1) is 0 Å². The second-order valence-corrected chi connectivity index (χ2v) is 14.3. The monoisotopic (exact) mass is 380 g/mol. The van der Waals surface area contributed by atoms with Crippen LogP contribution in [0.3, 0.4) is 0 Å². The zero-order valence-corrected chi connectivity index (χ0v) is 17.2. The summed E-state index contributed by atoms with van der Waals surface area (Å²) in [5, 5.41) is 24.6. The van der Waals surface area contributed by atoms with Crippen molar-refractivity contribution >= 4 is 46.9 Å². The van der Waals surface area contributed by atoms with E-state index in [0.717, 1.165) is 26.9 Å². The van der Waals surface area contributed by atoms with Gasteiger partial charge in [-0.3, -0.25) is 0 Å². The average molecular weight is 380 g/mol. The van der Waals surface area contributed by atoms with E-state index in [4.69, 9.17) is 14.7 Å². The Balaban J connectivity index is 0.000000376. The van der Waals surface area contributed by atoms with Gasteiger partial charge in [0.1, 0.15) is 5.75 Å². The van der Waals surface area contributed by atoms with E-state index in [0.29, 0.717) is 5.75 Å². The second-order valence-electron chi connectivity index (χ2n) is 8.28. The van der Waals surface area contributed by atoms with E-state index < -0.39 is 14.6 Å². The van der Waals surface area contributed by atoms with Crippen molar-refractivity contribution in [2.24, 2.45) is 0 Å². The summed E-state index contributed by atoms with van der Waals surface area (Å²) in [5.74, 6) is 0.466. The molecule has 0 aliphatic carbocycles. The van der Waals surface area contributed by atoms with Crippen LogP contribution in [0.2, 0.25) is 0 Å². The fraction of sp³-hybridized carbons (Fsp3) is 0.182. The first-order valence-corrected chi connectivity index (χ1v) is 13.1. The van der Waals surface area contributed by atoms with E-state index in [9.17, 15) is 0 Å². The van der Waals surface area contributed by atoms with E-state index >= 15 is 0 Å². The number of rotatable bonds is 2. The van der Waals surface area contributed by atoms with Crippen LogP contribution in [-0.2, 0) is 0 Å². The largest absolute Gasteiger partial charge is 0.707 e. The Morgan fingerprint density at radius 1 is 0.704 bits per heavy atom. The molecular formula is C22H26BO3P. The van der Waals surface area contributed by atoms with Gasteiger partial charge in [-0.1, -0.05) is 48.5 Å². The molecule has 4 aromatic rings. The third kappa shape index (κ3) is 4.98. The maximum Gasteiger partial charge on any atom is 0.707 e. The van der Waals surface area contributed by atoms with Gasteiger partial charge >= 0.3 is 41.2 Å². The van der Waals surface area contributed by atoms with Gasteiger partial charge in [0.2, 0.25) is 0 Å². The molecule has 0 atom stereocenters. The molecule has 3 nitrogen and oxygen atoms in total. The standard InChI is InChI=1S/C18H13BO3.C4H13P/c20-19(21)22-17-7-3-6-12-8-9-15-10-13-4-1-2-5-14(13)11-16(15)18(12)17;1-5(2,3)4/h1-11,20-21H;5H,1-4H3. The molecule has 0 radical (unpaired) electrons. The van der Waals surface area contributed by atoms with Crippen LogP contribution in [0.1, 0.15) is 0 Å². The van der Waals surface area contributed by atoms with Crippen molar-refractivity contribution in [1.82, 2.24) is 0 Å². The third-order valence-corrected chi connectivity index (χ3v) is 3.92. The van der Waals surface area contributed by atoms with Gasteiger partial charge in [-0.25, -0.2) is 0 Å². The number of hydrogen-bond acceptors (Lipinski definition) is 3. The molecule has 0 aromatic heterocycles. The summed E-state index contributed by atoms with van der Waals surface area (Å²) in [7, 11) is -2.44. The summed E-state index contributed by atoms with van der Waals surface area (Å²) in [5.41, 5.74) is 0. The second kappa shape index (κ2) is 7.86. The van der Waals surface area contributed by atoms with Crippen LogP contribution in [0.25, 0.3) is 32.3 Å². The molecular weight excluding hydrogens is 354 g/mol. The molecule has 5 heteroatoms. The average Bonchev–Trinajstić information content (AvgIpc) is 2.58. The topological polar surface area (TPSA) is 49.7 Å². The van der Waals surface area contributed by atoms with E-state index in [-0.39, 0.29) is 0 Å². The molecule has 0 saturated carbocycles. The van der Waals surface area contributed by atoms with Gasteiger partial charge in [0.05, 0.1) is 0 Å². The Labute approximate surface area is 161 Å². The maximum atomic E-state index is 9.14. The van der Waals surface area contributed by atoms with Crippen LogP contribution in [-0.4, -0.2) is 44.0 Å². The summed E-state index contributed by atoms with van der Waals surface area (Å²) in [6.45, 7) is 9.31. The third-order valence-electron chi connectivity index (χ3n) is 3.92. The Hall–Kier alpha value is -2.13. The minimum Gasteiger partial charge on any atom is -0.511 e. The normalized spacial score (nSPS) is 11.9. The first-order chi connectivity index (χ1) is 12.7. The van der Waals surface area contributed by atoms with Crippen LogP contribution in [0.4, 0.5) is 0 Å². The molecule has 0 saturated heterocycles. The van der Waals surface area contributed by atoms with Crippen LogP contribution in [0.15, 0.2) is 66.7 Å². The fourth-order valence-electron chi connectivity index (χ4n) is 2.98. The number of fused-ring (bicyclic) bond motifs is 4. The molecule has 0 unspecified atom stereocenters. The molecule has 0 spiro atoms. The number of hydrogen-bond donors (Lipinski definition) is 2. The van der Waals surface area contributed by atoms with Crippen molar-refractivity contribution in [3.63, 3.8) is 0 Å². The van der Waals surface area contributed by atoms with Crippen molar-refractivity contribution in [2.75, 3.05) is 26.7 Å². The Morgan fingerprint density at radius 3 is 1.89 bits per heavy atom. The van der Waals surface area contributed by atoms with Crippen molar-refractivity contribution < 1.29 is 14.7 Å². The van der Waals surface area contributed by atoms with Crippen LogP contribution >= 0.6 is 7.26 Å². The molecule has 2 N–H and O–H groups in total. The van der Waals surface area contributed by atoms with E-state index in [1.807, 2.05) is 30.3 Å². The van der Waals surface area contributed by atoms with Gasteiger partial charge in [0.15, 0.2) is 0 Å². The quantitative estimate of drug-likeness (QED) is 0.228. The molecule has 140 valence electrons. The summed E-state index contributed by atoms with van der Waals surface area (Å²) in [6.07, 6.45) is 0. The molecule has 27 heavy (non-hydrogen) atoms. The fourth-order valence-corrected chi connectivity index (χ4v) is 2.98. The molecule has 0 aliphatic heterocycles. The summed E-state index contributed by atoms with van der Waals surface area (Å²) in [4.78, 5) is 0. The van der Waals surface area contributed by atoms with E-state index in [2.05, 4.69) is 57.0 Å².